The van der Waals surface area contributed by atoms with E-state index in [1.165, 1.54) is 0 Å². The highest BCUT2D eigenvalue weighted by Gasteiger charge is 2.28. The molecule has 2 rings (SSSR count). The van der Waals surface area contributed by atoms with Crippen LogP contribution in [0.4, 0.5) is 0 Å². The Hall–Kier alpha value is -0.610. The van der Waals surface area contributed by atoms with Crippen LogP contribution in [0.2, 0.25) is 0 Å². The first-order valence-electron chi connectivity index (χ1n) is 6.78. The topological polar surface area (TPSA) is 50.4 Å². The number of nitrogens with one attached hydrogen (secondary N) is 2. The zero-order valence-corrected chi connectivity index (χ0v) is 10.9. The van der Waals surface area contributed by atoms with Gasteiger partial charge in [-0.2, -0.15) is 0 Å². The van der Waals surface area contributed by atoms with Gasteiger partial charge in [-0.25, -0.2) is 0 Å². The van der Waals surface area contributed by atoms with Crippen LogP contribution < -0.4 is 10.6 Å². The summed E-state index contributed by atoms with van der Waals surface area (Å²) in [5.74, 6) is 0.923. The molecule has 0 spiro atoms. The first-order chi connectivity index (χ1) is 8.16. The van der Waals surface area contributed by atoms with Crippen molar-refractivity contribution in [2.45, 2.75) is 45.2 Å². The van der Waals surface area contributed by atoms with Gasteiger partial charge in [0.15, 0.2) is 0 Å². The lowest BCUT2D eigenvalue weighted by Gasteiger charge is -2.29. The molecule has 0 bridgehead atoms. The molecule has 0 aliphatic carbocycles. The smallest absolute Gasteiger partial charge is 0.223 e. The van der Waals surface area contributed by atoms with Crippen molar-refractivity contribution in [3.63, 3.8) is 0 Å². The van der Waals surface area contributed by atoms with Gasteiger partial charge in [-0.15, -0.1) is 0 Å². The molecule has 4 unspecified atom stereocenters. The van der Waals surface area contributed by atoms with Crippen LogP contribution in [-0.2, 0) is 9.53 Å². The Morgan fingerprint density at radius 1 is 1.47 bits per heavy atom. The van der Waals surface area contributed by atoms with Gasteiger partial charge in [0.25, 0.3) is 0 Å². The third kappa shape index (κ3) is 3.42. The van der Waals surface area contributed by atoms with Crippen molar-refractivity contribution in [3.8, 4) is 0 Å². The SMILES string of the molecule is CC1CC(C(=O)NC(C)C2CCOC2)CCN1. The standard InChI is InChI=1S/C13H24N2O2/c1-9-7-11(3-5-14-9)13(16)15-10(2)12-4-6-17-8-12/h9-12,14H,3-8H2,1-2H3,(H,15,16). The third-order valence-electron chi connectivity index (χ3n) is 4.04. The molecule has 98 valence electrons. The molecule has 0 aromatic carbocycles. The van der Waals surface area contributed by atoms with Gasteiger partial charge in [-0.05, 0) is 39.7 Å². The van der Waals surface area contributed by atoms with Crippen LogP contribution in [0.5, 0.6) is 0 Å². The molecule has 2 N–H and O–H groups in total. The molecule has 0 aromatic heterocycles. The Labute approximate surface area is 103 Å². The van der Waals surface area contributed by atoms with E-state index in [1.807, 2.05) is 0 Å². The van der Waals surface area contributed by atoms with Gasteiger partial charge in [-0.3, -0.25) is 4.79 Å². The Morgan fingerprint density at radius 3 is 2.94 bits per heavy atom. The largest absolute Gasteiger partial charge is 0.381 e. The molecule has 0 radical (unpaired) electrons. The van der Waals surface area contributed by atoms with E-state index in [2.05, 4.69) is 24.5 Å². The van der Waals surface area contributed by atoms with Crippen LogP contribution in [0.25, 0.3) is 0 Å². The predicted molar refractivity (Wildman–Crippen MR) is 66.7 cm³/mol. The van der Waals surface area contributed by atoms with Crippen LogP contribution in [0.15, 0.2) is 0 Å². The number of carbonyl (C=O) groups excluding carboxylic acids is 1. The Kier molecular flexibility index (Phi) is 4.40. The maximum absolute atomic E-state index is 12.1. The molecular weight excluding hydrogens is 216 g/mol. The summed E-state index contributed by atoms with van der Waals surface area (Å²) < 4.78 is 5.36. The maximum Gasteiger partial charge on any atom is 0.223 e. The average molecular weight is 240 g/mol. The van der Waals surface area contributed by atoms with Gasteiger partial charge in [-0.1, -0.05) is 0 Å². The Morgan fingerprint density at radius 2 is 2.29 bits per heavy atom. The number of ether oxygens (including phenoxy) is 1. The first kappa shape index (κ1) is 12.8. The van der Waals surface area contributed by atoms with E-state index in [0.29, 0.717) is 12.0 Å². The van der Waals surface area contributed by atoms with E-state index >= 15 is 0 Å². The van der Waals surface area contributed by atoms with Gasteiger partial charge in [0.05, 0.1) is 6.61 Å². The summed E-state index contributed by atoms with van der Waals surface area (Å²) in [6.07, 6.45) is 2.99. The summed E-state index contributed by atoms with van der Waals surface area (Å²) in [5.41, 5.74) is 0. The lowest BCUT2D eigenvalue weighted by Crippen LogP contribution is -2.46. The second kappa shape index (κ2) is 5.83. The lowest BCUT2D eigenvalue weighted by atomic mass is 9.91. The van der Waals surface area contributed by atoms with Crippen molar-refractivity contribution < 1.29 is 9.53 Å². The van der Waals surface area contributed by atoms with Crippen molar-refractivity contribution >= 4 is 5.91 Å². The zero-order chi connectivity index (χ0) is 12.3. The van der Waals surface area contributed by atoms with E-state index in [0.717, 1.165) is 39.0 Å². The molecule has 4 nitrogen and oxygen atoms in total. The van der Waals surface area contributed by atoms with E-state index in [9.17, 15) is 4.79 Å². The van der Waals surface area contributed by atoms with Crippen LogP contribution >= 0.6 is 0 Å². The fraction of sp³-hybridized carbons (Fsp3) is 0.923. The highest BCUT2D eigenvalue weighted by Crippen LogP contribution is 2.19. The van der Waals surface area contributed by atoms with Crippen molar-refractivity contribution in [3.05, 3.63) is 0 Å². The van der Waals surface area contributed by atoms with Gasteiger partial charge < -0.3 is 15.4 Å². The third-order valence-corrected chi connectivity index (χ3v) is 4.04. The molecule has 2 aliphatic heterocycles. The van der Waals surface area contributed by atoms with Crippen LogP contribution in [0.3, 0.4) is 0 Å². The summed E-state index contributed by atoms with van der Waals surface area (Å²) in [7, 11) is 0. The zero-order valence-electron chi connectivity index (χ0n) is 10.9. The van der Waals surface area contributed by atoms with Crippen molar-refractivity contribution in [2.75, 3.05) is 19.8 Å². The summed E-state index contributed by atoms with van der Waals surface area (Å²) in [5, 5.41) is 6.54. The molecule has 2 heterocycles. The normalized spacial score (nSPS) is 35.5. The number of carbonyl (C=O) groups is 1. The van der Waals surface area contributed by atoms with Gasteiger partial charge in [0.2, 0.25) is 5.91 Å². The minimum atomic E-state index is 0.191. The second-order valence-corrected chi connectivity index (χ2v) is 5.50. The molecule has 4 atom stereocenters. The highest BCUT2D eigenvalue weighted by molar-refractivity contribution is 5.79. The number of piperidine rings is 1. The van der Waals surface area contributed by atoms with E-state index in [1.54, 1.807) is 0 Å². The van der Waals surface area contributed by atoms with Crippen molar-refractivity contribution in [1.82, 2.24) is 10.6 Å². The summed E-state index contributed by atoms with van der Waals surface area (Å²) in [6.45, 7) is 6.84. The van der Waals surface area contributed by atoms with E-state index in [-0.39, 0.29) is 17.9 Å². The molecule has 0 aromatic rings. The summed E-state index contributed by atoms with van der Waals surface area (Å²) >= 11 is 0. The van der Waals surface area contributed by atoms with E-state index in [4.69, 9.17) is 4.74 Å². The number of amides is 1. The van der Waals surface area contributed by atoms with Crippen LogP contribution in [-0.4, -0.2) is 37.7 Å². The molecule has 0 saturated carbocycles. The second-order valence-electron chi connectivity index (χ2n) is 5.50. The molecule has 4 heteroatoms. The number of hydrogen-bond acceptors (Lipinski definition) is 3. The van der Waals surface area contributed by atoms with Crippen molar-refractivity contribution in [2.24, 2.45) is 11.8 Å². The molecule has 2 saturated heterocycles. The summed E-state index contributed by atoms with van der Waals surface area (Å²) in [6, 6.07) is 0.708. The quantitative estimate of drug-likeness (QED) is 0.771. The fourth-order valence-electron chi connectivity index (χ4n) is 2.78. The van der Waals surface area contributed by atoms with Gasteiger partial charge >= 0.3 is 0 Å². The molecule has 2 fully saturated rings. The van der Waals surface area contributed by atoms with Crippen LogP contribution in [0, 0.1) is 11.8 Å². The highest BCUT2D eigenvalue weighted by atomic mass is 16.5. The fourth-order valence-corrected chi connectivity index (χ4v) is 2.78. The summed E-state index contributed by atoms with van der Waals surface area (Å²) in [4.78, 5) is 12.1. The Balaban J connectivity index is 1.79. The lowest BCUT2D eigenvalue weighted by molar-refractivity contribution is -0.127. The first-order valence-corrected chi connectivity index (χ1v) is 6.78. The molecular formula is C13H24N2O2. The molecule has 2 aliphatic rings. The minimum Gasteiger partial charge on any atom is -0.381 e. The van der Waals surface area contributed by atoms with Crippen LogP contribution in [0.1, 0.15) is 33.1 Å². The minimum absolute atomic E-state index is 0.191. The predicted octanol–water partition coefficient (Wildman–Crippen LogP) is 0.916. The number of hydrogen-bond donors (Lipinski definition) is 2. The molecule has 17 heavy (non-hydrogen) atoms. The average Bonchev–Trinajstić information content (AvgIpc) is 2.82. The molecule has 1 amide bonds. The van der Waals surface area contributed by atoms with Crippen molar-refractivity contribution in [1.29, 1.82) is 0 Å². The Bertz CT molecular complexity index is 264. The van der Waals surface area contributed by atoms with E-state index < -0.39 is 0 Å². The number of rotatable bonds is 3. The monoisotopic (exact) mass is 240 g/mol. The van der Waals surface area contributed by atoms with Gasteiger partial charge in [0.1, 0.15) is 0 Å². The maximum atomic E-state index is 12.1. The van der Waals surface area contributed by atoms with Gasteiger partial charge in [0, 0.05) is 30.5 Å².